The van der Waals surface area contributed by atoms with Crippen molar-refractivity contribution in [2.45, 2.75) is 114 Å². The van der Waals surface area contributed by atoms with E-state index in [-0.39, 0.29) is 23.2 Å². The molecule has 0 bridgehead atoms. The summed E-state index contributed by atoms with van der Waals surface area (Å²) in [6.07, 6.45) is -1.87. The van der Waals surface area contributed by atoms with Crippen molar-refractivity contribution in [3.63, 3.8) is 0 Å². The van der Waals surface area contributed by atoms with Gasteiger partial charge in [-0.2, -0.15) is 23.0 Å². The number of hydrogen-bond donors (Lipinski definition) is 1. The Kier molecular flexibility index (Phi) is 17.6. The molecule has 1 aliphatic heterocycles. The van der Waals surface area contributed by atoms with Gasteiger partial charge in [0.05, 0.1) is 29.3 Å². The Morgan fingerprint density at radius 2 is 1.77 bits per heavy atom. The molecule has 7 nitrogen and oxygen atoms in total. The number of halogens is 4. The normalized spacial score (nSPS) is 14.2. The highest BCUT2D eigenvalue weighted by atomic mass is 32.1. The van der Waals surface area contributed by atoms with Crippen molar-refractivity contribution in [2.24, 2.45) is 5.92 Å². The van der Waals surface area contributed by atoms with Crippen LogP contribution in [0.5, 0.6) is 5.75 Å². The van der Waals surface area contributed by atoms with Crippen molar-refractivity contribution in [3.05, 3.63) is 81.9 Å². The van der Waals surface area contributed by atoms with Crippen molar-refractivity contribution >= 4 is 40.9 Å². The minimum absolute atomic E-state index is 0.0770. The van der Waals surface area contributed by atoms with E-state index >= 15 is 0 Å². The Hall–Kier alpha value is -4.37. The first-order valence-corrected chi connectivity index (χ1v) is 18.0. The molecule has 0 aliphatic carbocycles. The highest BCUT2D eigenvalue weighted by Gasteiger charge is 2.42. The summed E-state index contributed by atoms with van der Waals surface area (Å²) in [6.45, 7) is 25.9. The summed E-state index contributed by atoms with van der Waals surface area (Å²) in [6, 6.07) is 9.11. The third-order valence-electron chi connectivity index (χ3n) is 8.72. The summed E-state index contributed by atoms with van der Waals surface area (Å²) in [5.74, 6) is 0.0410. The lowest BCUT2D eigenvalue weighted by Crippen LogP contribution is -2.49. The van der Waals surface area contributed by atoms with Crippen LogP contribution in [0, 0.1) is 30.0 Å². The molecule has 12 heteroatoms. The standard InChI is InChI=1S/C29H41N3O3S.C9H5F4N.C2H6/c1-10-14-20(6)32-26(21(7)19(5)11-2)28(34)30-27(32)23-17-22(15-16-24(23)35-13-4)31(18-36)29(8,9)25(33)12-3;1-5-2-3-6(4-14)7(8(5)10)9(11,12)13;1-2/h15-19H,6,10-14H2,1-5,7-9H3;2-3H,1H3;1-2H3/p+1/b26-21-;;. The van der Waals surface area contributed by atoms with Gasteiger partial charge in [0.15, 0.2) is 5.78 Å². The topological polar surface area (TPSA) is 85.4 Å². The minimum Gasteiger partial charge on any atom is -0.493 e. The number of alkyl halides is 3. The molecule has 1 amide bonds. The maximum Gasteiger partial charge on any atom is 0.420 e. The molecule has 0 radical (unpaired) electrons. The van der Waals surface area contributed by atoms with E-state index in [1.165, 1.54) is 18.5 Å². The largest absolute Gasteiger partial charge is 0.493 e. The number of thiocarbonyl (C=S) groups is 1. The van der Waals surface area contributed by atoms with Crippen LogP contribution in [0.1, 0.15) is 117 Å². The van der Waals surface area contributed by atoms with Crippen LogP contribution in [0.15, 0.2) is 53.9 Å². The number of nitriles is 1. The van der Waals surface area contributed by atoms with E-state index in [0.29, 0.717) is 35.9 Å². The zero-order valence-electron chi connectivity index (χ0n) is 32.3. The molecule has 0 fully saturated rings. The molecule has 1 heterocycles. The molecule has 3 rings (SSSR count). The Bertz CT molecular complexity index is 1740. The van der Waals surface area contributed by atoms with Crippen LogP contribution < -0.4 is 15.0 Å². The Labute approximate surface area is 312 Å². The summed E-state index contributed by atoms with van der Waals surface area (Å²) < 4.78 is 57.9. The molecule has 2 aromatic carbocycles. The van der Waals surface area contributed by atoms with E-state index < -0.39 is 28.7 Å². The van der Waals surface area contributed by atoms with E-state index in [2.05, 4.69) is 32.7 Å². The van der Waals surface area contributed by atoms with E-state index in [9.17, 15) is 27.2 Å². The lowest BCUT2D eigenvalue weighted by atomic mass is 9.94. The number of allylic oxidation sites excluding steroid dienone is 2. The number of ketones is 1. The highest BCUT2D eigenvalue weighted by Crippen LogP contribution is 2.35. The Balaban J connectivity index is 0.000000702. The molecule has 1 unspecified atom stereocenters. The molecule has 0 spiro atoms. The average molecular weight is 746 g/mol. The molecule has 1 atom stereocenters. The fraction of sp³-hybridized carbons (Fsp3) is 0.475. The van der Waals surface area contributed by atoms with Crippen LogP contribution in [0.25, 0.3) is 0 Å². The fourth-order valence-electron chi connectivity index (χ4n) is 5.50. The van der Waals surface area contributed by atoms with Crippen LogP contribution in [-0.2, 0) is 15.8 Å². The summed E-state index contributed by atoms with van der Waals surface area (Å²) >= 11 is 5.35. The lowest BCUT2D eigenvalue weighted by Gasteiger charge is -2.35. The smallest absolute Gasteiger partial charge is 0.420 e. The SMILES string of the molecule is C=C(CCC)[N+]1=C(c2cc(N(C=S)C(C)(C)C(=O)CC)ccc2OCC)NC(=O)/C1=C(\C)C(C)CC.CC.Cc1ccc(C#N)c(C(F)(F)F)c1F. The van der Waals surface area contributed by atoms with Crippen molar-refractivity contribution in [1.82, 2.24) is 5.32 Å². The second-order valence-electron chi connectivity index (χ2n) is 12.4. The number of ether oxygens (including phenoxy) is 1. The van der Waals surface area contributed by atoms with Crippen LogP contribution in [-0.4, -0.2) is 39.7 Å². The first-order chi connectivity index (χ1) is 24.4. The van der Waals surface area contributed by atoms with E-state index in [1.54, 1.807) is 4.90 Å². The number of amides is 1. The summed E-state index contributed by atoms with van der Waals surface area (Å²) in [7, 11) is 0. The number of rotatable bonds is 13. The molecule has 284 valence electrons. The van der Waals surface area contributed by atoms with Gasteiger partial charge in [-0.05, 0) is 88.8 Å². The number of carbonyl (C=O) groups is 2. The van der Waals surface area contributed by atoms with Crippen LogP contribution in [0.4, 0.5) is 23.2 Å². The van der Waals surface area contributed by atoms with E-state index in [4.69, 9.17) is 22.2 Å². The maximum absolute atomic E-state index is 13.4. The van der Waals surface area contributed by atoms with Gasteiger partial charge >= 0.3 is 12.1 Å². The maximum atomic E-state index is 13.4. The Morgan fingerprint density at radius 1 is 1.15 bits per heavy atom. The van der Waals surface area contributed by atoms with Crippen molar-refractivity contribution in [3.8, 4) is 11.8 Å². The first kappa shape index (κ1) is 45.7. The minimum atomic E-state index is -4.83. The molecular formula is C40H53F4N4O3S+. The number of benzene rings is 2. The molecule has 1 aliphatic rings. The number of Topliss-reactive ketones (excluding diaryl/α,β-unsaturated/α-hetero) is 1. The van der Waals surface area contributed by atoms with Gasteiger partial charge in [-0.3, -0.25) is 4.79 Å². The van der Waals surface area contributed by atoms with E-state index in [0.717, 1.165) is 48.4 Å². The molecule has 52 heavy (non-hydrogen) atoms. The fourth-order valence-corrected chi connectivity index (χ4v) is 5.89. The molecule has 0 saturated heterocycles. The molecular weight excluding hydrogens is 693 g/mol. The lowest BCUT2D eigenvalue weighted by molar-refractivity contribution is -0.415. The molecule has 2 aromatic rings. The zero-order chi connectivity index (χ0) is 40.1. The average Bonchev–Trinajstić information content (AvgIpc) is 3.46. The molecule has 0 saturated carbocycles. The second kappa shape index (κ2) is 20.0. The molecule has 0 aromatic heterocycles. The van der Waals surface area contributed by atoms with Gasteiger partial charge in [-0.15, -0.1) is 0 Å². The third kappa shape index (κ3) is 10.4. The number of hydrogen-bond acceptors (Lipinski definition) is 5. The van der Waals surface area contributed by atoms with Gasteiger partial charge in [0.1, 0.15) is 28.4 Å². The quantitative estimate of drug-likeness (QED) is 0.0951. The van der Waals surface area contributed by atoms with Gasteiger partial charge in [-0.25, -0.2) is 14.5 Å². The van der Waals surface area contributed by atoms with E-state index in [1.807, 2.05) is 71.2 Å². The van der Waals surface area contributed by atoms with Gasteiger partial charge in [0.25, 0.3) is 5.84 Å². The van der Waals surface area contributed by atoms with Crippen molar-refractivity contribution in [1.29, 1.82) is 5.26 Å². The van der Waals surface area contributed by atoms with Gasteiger partial charge in [-0.1, -0.05) is 66.4 Å². The summed E-state index contributed by atoms with van der Waals surface area (Å²) in [4.78, 5) is 27.9. The predicted octanol–water partition coefficient (Wildman–Crippen LogP) is 10.2. The number of anilines is 1. The monoisotopic (exact) mass is 745 g/mol. The number of carbonyl (C=O) groups excluding carboxylic acids is 2. The number of nitrogens with zero attached hydrogens (tertiary/aromatic N) is 3. The van der Waals surface area contributed by atoms with Crippen LogP contribution >= 0.6 is 12.2 Å². The zero-order valence-corrected chi connectivity index (χ0v) is 33.1. The Morgan fingerprint density at radius 3 is 2.25 bits per heavy atom. The predicted molar refractivity (Wildman–Crippen MR) is 204 cm³/mol. The molecule has 1 N–H and O–H groups in total. The first-order valence-electron chi connectivity index (χ1n) is 17.6. The van der Waals surface area contributed by atoms with Gasteiger partial charge < -0.3 is 9.64 Å². The number of nitrogens with one attached hydrogen (secondary N) is 1. The van der Waals surface area contributed by atoms with Crippen molar-refractivity contribution < 1.29 is 36.5 Å². The second-order valence-corrected chi connectivity index (χ2v) is 12.7. The van der Waals surface area contributed by atoms with Crippen LogP contribution in [0.3, 0.4) is 0 Å². The van der Waals surface area contributed by atoms with Gasteiger partial charge in [0, 0.05) is 18.5 Å². The summed E-state index contributed by atoms with van der Waals surface area (Å²) in [5, 5.41) is 11.5. The third-order valence-corrected chi connectivity index (χ3v) is 8.93. The van der Waals surface area contributed by atoms with Gasteiger partial charge in [0.2, 0.25) is 5.70 Å². The number of aryl methyl sites for hydroxylation is 1. The number of amidine groups is 1. The van der Waals surface area contributed by atoms with Crippen molar-refractivity contribution in [2.75, 3.05) is 11.5 Å². The highest BCUT2D eigenvalue weighted by molar-refractivity contribution is 7.79. The summed E-state index contributed by atoms with van der Waals surface area (Å²) in [5.41, 5.74) is 2.32. The van der Waals surface area contributed by atoms with Crippen LogP contribution in [0.2, 0.25) is 0 Å².